The van der Waals surface area contributed by atoms with Crippen molar-refractivity contribution in [2.75, 3.05) is 13.2 Å². The average Bonchev–Trinajstić information content (AvgIpc) is 2.19. The Bertz CT molecular complexity index is 179. The molecule has 1 rings (SSSR count). The van der Waals surface area contributed by atoms with Gasteiger partial charge in [0.1, 0.15) is 0 Å². The van der Waals surface area contributed by atoms with Crippen molar-refractivity contribution in [1.82, 2.24) is 0 Å². The lowest BCUT2D eigenvalue weighted by atomic mass is 10.2. The van der Waals surface area contributed by atoms with Gasteiger partial charge in [-0.3, -0.25) is 0 Å². The van der Waals surface area contributed by atoms with E-state index in [1.807, 2.05) is 19.1 Å². The summed E-state index contributed by atoms with van der Waals surface area (Å²) in [6.07, 6.45) is 7.27. The van der Waals surface area contributed by atoms with Gasteiger partial charge in [0, 0.05) is 6.61 Å². The molecule has 1 heterocycles. The fourth-order valence-corrected chi connectivity index (χ4v) is 1.21. The van der Waals surface area contributed by atoms with Gasteiger partial charge in [0.25, 0.3) is 0 Å². The number of hydrogen-bond acceptors (Lipinski definition) is 2. The Hall–Kier alpha value is -0.600. The van der Waals surface area contributed by atoms with E-state index in [4.69, 9.17) is 9.47 Å². The van der Waals surface area contributed by atoms with E-state index in [0.29, 0.717) is 6.61 Å². The minimum Gasteiger partial charge on any atom is -0.353 e. The Morgan fingerprint density at radius 2 is 2.46 bits per heavy atom. The van der Waals surface area contributed by atoms with Gasteiger partial charge in [0.05, 0.1) is 6.61 Å². The molecule has 0 aromatic rings. The van der Waals surface area contributed by atoms with Crippen molar-refractivity contribution >= 4 is 0 Å². The summed E-state index contributed by atoms with van der Waals surface area (Å²) in [5, 5.41) is 0. The van der Waals surface area contributed by atoms with Crippen LogP contribution in [0.2, 0.25) is 0 Å². The minimum absolute atomic E-state index is 0.0163. The fourth-order valence-electron chi connectivity index (χ4n) is 1.21. The van der Waals surface area contributed by atoms with Crippen molar-refractivity contribution < 1.29 is 9.47 Å². The third-order valence-corrected chi connectivity index (χ3v) is 2.15. The highest BCUT2D eigenvalue weighted by Gasteiger charge is 2.12. The monoisotopic (exact) mass is 182 g/mol. The largest absolute Gasteiger partial charge is 0.353 e. The van der Waals surface area contributed by atoms with Crippen LogP contribution in [-0.4, -0.2) is 19.5 Å². The highest BCUT2D eigenvalue weighted by atomic mass is 16.7. The summed E-state index contributed by atoms with van der Waals surface area (Å²) in [6, 6.07) is 0. The maximum absolute atomic E-state index is 5.51. The van der Waals surface area contributed by atoms with Crippen molar-refractivity contribution in [2.24, 2.45) is 0 Å². The molecule has 0 N–H and O–H groups in total. The topological polar surface area (TPSA) is 18.5 Å². The summed E-state index contributed by atoms with van der Waals surface area (Å²) in [5.74, 6) is 0. The third-order valence-electron chi connectivity index (χ3n) is 2.15. The predicted octanol–water partition coefficient (Wildman–Crippen LogP) is 2.66. The van der Waals surface area contributed by atoms with Crippen molar-refractivity contribution in [3.8, 4) is 0 Å². The summed E-state index contributed by atoms with van der Waals surface area (Å²) in [4.78, 5) is 0. The normalized spacial score (nSPS) is 24.4. The van der Waals surface area contributed by atoms with E-state index in [-0.39, 0.29) is 6.29 Å². The summed E-state index contributed by atoms with van der Waals surface area (Å²) >= 11 is 0. The smallest absolute Gasteiger partial charge is 0.157 e. The molecule has 0 bridgehead atoms. The number of hydrogen-bond donors (Lipinski definition) is 0. The van der Waals surface area contributed by atoms with E-state index in [1.54, 1.807) is 0 Å². The van der Waals surface area contributed by atoms with Gasteiger partial charge in [-0.2, -0.15) is 0 Å². The summed E-state index contributed by atoms with van der Waals surface area (Å²) < 4.78 is 10.9. The number of ether oxygens (including phenoxy) is 2. The number of allylic oxidation sites excluding steroid dienone is 2. The molecule has 0 saturated carbocycles. The lowest BCUT2D eigenvalue weighted by Gasteiger charge is -2.21. The second-order valence-corrected chi connectivity index (χ2v) is 3.28. The van der Waals surface area contributed by atoms with Crippen LogP contribution in [0.4, 0.5) is 0 Å². The predicted molar refractivity (Wildman–Crippen MR) is 53.5 cm³/mol. The molecule has 1 aliphatic heterocycles. The first-order valence-electron chi connectivity index (χ1n) is 4.85. The second-order valence-electron chi connectivity index (χ2n) is 3.28. The van der Waals surface area contributed by atoms with E-state index in [0.717, 1.165) is 18.6 Å². The second kappa shape index (κ2) is 5.95. The van der Waals surface area contributed by atoms with Gasteiger partial charge in [0.2, 0.25) is 0 Å². The fraction of sp³-hybridized carbons (Fsp3) is 0.636. The first-order chi connectivity index (χ1) is 6.33. The van der Waals surface area contributed by atoms with Gasteiger partial charge in [-0.05, 0) is 26.2 Å². The maximum atomic E-state index is 5.51. The molecule has 0 aromatic carbocycles. The molecule has 1 aliphatic rings. The van der Waals surface area contributed by atoms with Crippen LogP contribution in [0.25, 0.3) is 0 Å². The van der Waals surface area contributed by atoms with Crippen LogP contribution in [0.15, 0.2) is 24.3 Å². The van der Waals surface area contributed by atoms with Gasteiger partial charge in [-0.25, -0.2) is 0 Å². The molecule has 0 aliphatic carbocycles. The summed E-state index contributed by atoms with van der Waals surface area (Å²) in [5.41, 5.74) is 1.15. The molecule has 74 valence electrons. The van der Waals surface area contributed by atoms with Gasteiger partial charge >= 0.3 is 0 Å². The number of rotatable bonds is 4. The lowest BCUT2D eigenvalue weighted by Crippen LogP contribution is -2.22. The van der Waals surface area contributed by atoms with Crippen LogP contribution in [-0.2, 0) is 9.47 Å². The van der Waals surface area contributed by atoms with E-state index >= 15 is 0 Å². The zero-order valence-electron chi connectivity index (χ0n) is 8.29. The first kappa shape index (κ1) is 10.5. The molecule has 2 heteroatoms. The molecule has 13 heavy (non-hydrogen) atoms. The van der Waals surface area contributed by atoms with Crippen molar-refractivity contribution in [2.45, 2.75) is 32.5 Å². The van der Waals surface area contributed by atoms with Crippen molar-refractivity contribution in [3.63, 3.8) is 0 Å². The van der Waals surface area contributed by atoms with Crippen LogP contribution in [0.3, 0.4) is 0 Å². The Morgan fingerprint density at radius 3 is 3.08 bits per heavy atom. The van der Waals surface area contributed by atoms with E-state index < -0.39 is 0 Å². The molecular weight excluding hydrogens is 164 g/mol. The van der Waals surface area contributed by atoms with Crippen LogP contribution in [0, 0.1) is 0 Å². The Kier molecular flexibility index (Phi) is 4.79. The molecule has 0 radical (unpaired) electrons. The van der Waals surface area contributed by atoms with Crippen molar-refractivity contribution in [1.29, 1.82) is 0 Å². The molecule has 0 spiro atoms. The Balaban J connectivity index is 2.14. The van der Waals surface area contributed by atoms with Gasteiger partial charge in [-0.1, -0.05) is 24.3 Å². The molecule has 0 aromatic heterocycles. The standard InChI is InChI=1S/C11H18O2/c1-3-10(2)7-9-13-11-6-4-5-8-12-11/h3,7,11H,1,4-6,8-9H2,2H3/b10-7+. The third kappa shape index (κ3) is 4.25. The quantitative estimate of drug-likeness (QED) is 0.622. The van der Waals surface area contributed by atoms with Crippen molar-refractivity contribution in [3.05, 3.63) is 24.3 Å². The van der Waals surface area contributed by atoms with Crippen LogP contribution in [0.1, 0.15) is 26.2 Å². The van der Waals surface area contributed by atoms with E-state index in [2.05, 4.69) is 6.58 Å². The van der Waals surface area contributed by atoms with E-state index in [9.17, 15) is 0 Å². The lowest BCUT2D eigenvalue weighted by molar-refractivity contribution is -0.155. The molecule has 1 fully saturated rings. The highest BCUT2D eigenvalue weighted by molar-refractivity contribution is 5.12. The van der Waals surface area contributed by atoms with Crippen LogP contribution < -0.4 is 0 Å². The van der Waals surface area contributed by atoms with E-state index in [1.165, 1.54) is 12.8 Å². The molecule has 1 saturated heterocycles. The zero-order chi connectivity index (χ0) is 9.52. The van der Waals surface area contributed by atoms with Gasteiger partial charge in [-0.15, -0.1) is 0 Å². The minimum atomic E-state index is 0.0163. The zero-order valence-corrected chi connectivity index (χ0v) is 8.29. The Labute approximate surface area is 80.2 Å². The molecule has 1 atom stereocenters. The molecule has 2 nitrogen and oxygen atoms in total. The summed E-state index contributed by atoms with van der Waals surface area (Å²) in [6.45, 7) is 7.15. The first-order valence-corrected chi connectivity index (χ1v) is 4.85. The van der Waals surface area contributed by atoms with Crippen LogP contribution >= 0.6 is 0 Å². The highest BCUT2D eigenvalue weighted by Crippen LogP contribution is 2.13. The maximum Gasteiger partial charge on any atom is 0.157 e. The molecule has 0 amide bonds. The molecule has 1 unspecified atom stereocenters. The Morgan fingerprint density at radius 1 is 1.62 bits per heavy atom. The van der Waals surface area contributed by atoms with Gasteiger partial charge in [0.15, 0.2) is 6.29 Å². The average molecular weight is 182 g/mol. The van der Waals surface area contributed by atoms with Gasteiger partial charge < -0.3 is 9.47 Å². The van der Waals surface area contributed by atoms with Crippen LogP contribution in [0.5, 0.6) is 0 Å². The summed E-state index contributed by atoms with van der Waals surface area (Å²) in [7, 11) is 0. The molecular formula is C11H18O2. The SMILES string of the molecule is C=C/C(C)=C/COC1CCCCO1.